The first-order valence-electron chi connectivity index (χ1n) is 7.91. The Morgan fingerprint density at radius 3 is 2.90 bits per heavy atom. The van der Waals surface area contributed by atoms with Crippen LogP contribution in [0.2, 0.25) is 0 Å². The van der Waals surface area contributed by atoms with Crippen LogP contribution in [0.25, 0.3) is 0 Å². The maximum absolute atomic E-state index is 10.1. The monoisotopic (exact) mass is 291 g/mol. The van der Waals surface area contributed by atoms with Gasteiger partial charge in [0.1, 0.15) is 5.75 Å². The van der Waals surface area contributed by atoms with Crippen LogP contribution in [-0.2, 0) is 13.2 Å². The van der Waals surface area contributed by atoms with Crippen LogP contribution in [-0.4, -0.2) is 45.8 Å². The summed E-state index contributed by atoms with van der Waals surface area (Å²) in [4.78, 5) is 6.70. The molecular weight excluding hydrogens is 266 g/mol. The highest BCUT2D eigenvalue weighted by molar-refractivity contribution is 5.40. The van der Waals surface area contributed by atoms with Crippen molar-refractivity contribution in [1.82, 2.24) is 15.2 Å². The van der Waals surface area contributed by atoms with Gasteiger partial charge in [-0.25, -0.2) is 0 Å². The van der Waals surface area contributed by atoms with Crippen LogP contribution in [0.3, 0.4) is 0 Å². The standard InChI is InChI=1S/C16H25N3O2/c1-11-16(21)15(13(10-20)7-18-11)8-17-6-12-4-5-19(9-12)14-2-3-14/h7,12,14,17,20-21H,2-6,8-10H2,1H3. The molecule has 2 heterocycles. The maximum Gasteiger partial charge on any atom is 0.141 e. The normalized spacial score (nSPS) is 22.9. The Morgan fingerprint density at radius 2 is 2.19 bits per heavy atom. The number of likely N-dealkylation sites (tertiary alicyclic amines) is 1. The number of aromatic hydroxyl groups is 1. The van der Waals surface area contributed by atoms with E-state index >= 15 is 0 Å². The molecule has 0 spiro atoms. The summed E-state index contributed by atoms with van der Waals surface area (Å²) in [6.45, 7) is 5.69. The molecule has 1 aromatic rings. The zero-order valence-electron chi connectivity index (χ0n) is 12.7. The predicted octanol–water partition coefficient (Wildman–Crippen LogP) is 1.16. The van der Waals surface area contributed by atoms with E-state index in [9.17, 15) is 10.2 Å². The summed E-state index contributed by atoms with van der Waals surface area (Å²) in [5, 5.41) is 22.9. The molecule has 21 heavy (non-hydrogen) atoms. The zero-order chi connectivity index (χ0) is 14.8. The van der Waals surface area contributed by atoms with E-state index in [2.05, 4.69) is 15.2 Å². The molecule has 0 aromatic carbocycles. The molecule has 2 fully saturated rings. The molecule has 3 rings (SSSR count). The van der Waals surface area contributed by atoms with E-state index in [-0.39, 0.29) is 12.4 Å². The van der Waals surface area contributed by atoms with Crippen LogP contribution in [0.4, 0.5) is 0 Å². The second-order valence-corrected chi connectivity index (χ2v) is 6.37. The third-order valence-corrected chi connectivity index (χ3v) is 4.72. The molecule has 5 heteroatoms. The van der Waals surface area contributed by atoms with E-state index in [0.717, 1.165) is 18.2 Å². The molecule has 1 aliphatic heterocycles. The van der Waals surface area contributed by atoms with E-state index in [1.54, 1.807) is 13.1 Å². The van der Waals surface area contributed by atoms with Gasteiger partial charge in [0, 0.05) is 36.5 Å². The van der Waals surface area contributed by atoms with E-state index in [1.807, 2.05) is 0 Å². The fourth-order valence-electron chi connectivity index (χ4n) is 3.22. The minimum atomic E-state index is -0.0866. The lowest BCUT2D eigenvalue weighted by molar-refractivity contribution is 0.278. The van der Waals surface area contributed by atoms with Crippen molar-refractivity contribution in [1.29, 1.82) is 0 Å². The average Bonchev–Trinajstić information content (AvgIpc) is 3.23. The van der Waals surface area contributed by atoms with E-state index in [4.69, 9.17) is 0 Å². The van der Waals surface area contributed by atoms with Crippen molar-refractivity contribution >= 4 is 0 Å². The van der Waals surface area contributed by atoms with Crippen molar-refractivity contribution in [3.8, 4) is 5.75 Å². The van der Waals surface area contributed by atoms with Gasteiger partial charge in [0.15, 0.2) is 0 Å². The summed E-state index contributed by atoms with van der Waals surface area (Å²) in [6.07, 6.45) is 5.67. The van der Waals surface area contributed by atoms with Gasteiger partial charge < -0.3 is 20.4 Å². The van der Waals surface area contributed by atoms with Crippen LogP contribution < -0.4 is 5.32 Å². The van der Waals surface area contributed by atoms with Crippen molar-refractivity contribution < 1.29 is 10.2 Å². The quantitative estimate of drug-likeness (QED) is 0.734. The molecule has 0 amide bonds. The molecule has 0 radical (unpaired) electrons. The maximum atomic E-state index is 10.1. The SMILES string of the molecule is Cc1ncc(CO)c(CNCC2CCN(C3CC3)C2)c1O. The van der Waals surface area contributed by atoms with Crippen molar-refractivity contribution in [2.24, 2.45) is 5.92 Å². The molecular formula is C16H25N3O2. The van der Waals surface area contributed by atoms with Gasteiger partial charge in [-0.1, -0.05) is 0 Å². The molecule has 1 aliphatic carbocycles. The van der Waals surface area contributed by atoms with Crippen LogP contribution >= 0.6 is 0 Å². The van der Waals surface area contributed by atoms with E-state index < -0.39 is 0 Å². The fourth-order valence-corrected chi connectivity index (χ4v) is 3.22. The third-order valence-electron chi connectivity index (χ3n) is 4.72. The minimum Gasteiger partial charge on any atom is -0.506 e. The number of aryl methyl sites for hydroxylation is 1. The smallest absolute Gasteiger partial charge is 0.141 e. The predicted molar refractivity (Wildman–Crippen MR) is 81.0 cm³/mol. The van der Waals surface area contributed by atoms with Gasteiger partial charge >= 0.3 is 0 Å². The van der Waals surface area contributed by atoms with Gasteiger partial charge in [-0.2, -0.15) is 0 Å². The molecule has 116 valence electrons. The Hall–Kier alpha value is -1.17. The number of aromatic nitrogens is 1. The Labute approximate surface area is 126 Å². The van der Waals surface area contributed by atoms with Crippen molar-refractivity contribution in [3.63, 3.8) is 0 Å². The highest BCUT2D eigenvalue weighted by Gasteiger charge is 2.34. The summed E-state index contributed by atoms with van der Waals surface area (Å²) in [7, 11) is 0. The molecule has 1 atom stereocenters. The summed E-state index contributed by atoms with van der Waals surface area (Å²) >= 11 is 0. The molecule has 1 aromatic heterocycles. The van der Waals surface area contributed by atoms with E-state index in [1.165, 1.54) is 32.4 Å². The molecule has 0 bridgehead atoms. The number of nitrogens with zero attached hydrogens (tertiary/aromatic N) is 2. The van der Waals surface area contributed by atoms with Crippen molar-refractivity contribution in [3.05, 3.63) is 23.0 Å². The number of hydrogen-bond acceptors (Lipinski definition) is 5. The first-order chi connectivity index (χ1) is 10.2. The Bertz CT molecular complexity index is 503. The van der Waals surface area contributed by atoms with Crippen molar-refractivity contribution in [2.75, 3.05) is 19.6 Å². The Morgan fingerprint density at radius 1 is 1.38 bits per heavy atom. The first-order valence-corrected chi connectivity index (χ1v) is 7.91. The number of hydrogen-bond donors (Lipinski definition) is 3. The summed E-state index contributed by atoms with van der Waals surface area (Å²) in [5.41, 5.74) is 2.10. The average molecular weight is 291 g/mol. The third kappa shape index (κ3) is 3.36. The van der Waals surface area contributed by atoms with Gasteiger partial charge in [0.05, 0.1) is 12.3 Å². The topological polar surface area (TPSA) is 68.6 Å². The zero-order valence-corrected chi connectivity index (χ0v) is 12.7. The summed E-state index contributed by atoms with van der Waals surface area (Å²) in [5.74, 6) is 0.910. The number of nitrogens with one attached hydrogen (secondary N) is 1. The number of aliphatic hydroxyl groups excluding tert-OH is 1. The van der Waals surface area contributed by atoms with Gasteiger partial charge in [-0.15, -0.1) is 0 Å². The molecule has 3 N–H and O–H groups in total. The van der Waals surface area contributed by atoms with Crippen LogP contribution in [0, 0.1) is 12.8 Å². The fraction of sp³-hybridized carbons (Fsp3) is 0.688. The summed E-state index contributed by atoms with van der Waals surface area (Å²) in [6, 6.07) is 0.864. The van der Waals surface area contributed by atoms with Gasteiger partial charge in [-0.05, 0) is 45.2 Å². The minimum absolute atomic E-state index is 0.0866. The molecule has 5 nitrogen and oxygen atoms in total. The van der Waals surface area contributed by atoms with Crippen molar-refractivity contribution in [2.45, 2.75) is 45.4 Å². The van der Waals surface area contributed by atoms with Crippen LogP contribution in [0.1, 0.15) is 36.1 Å². The molecule has 2 aliphatic rings. The second kappa shape index (κ2) is 6.30. The molecule has 1 saturated carbocycles. The number of pyridine rings is 1. The van der Waals surface area contributed by atoms with E-state index in [0.29, 0.717) is 23.7 Å². The largest absolute Gasteiger partial charge is 0.506 e. The number of aliphatic hydroxyl groups is 1. The Kier molecular flexibility index (Phi) is 4.42. The lowest BCUT2D eigenvalue weighted by Crippen LogP contribution is -2.27. The first kappa shape index (κ1) is 14.8. The van der Waals surface area contributed by atoms with Gasteiger partial charge in [0.2, 0.25) is 0 Å². The Balaban J connectivity index is 1.52. The van der Waals surface area contributed by atoms with Gasteiger partial charge in [0.25, 0.3) is 0 Å². The van der Waals surface area contributed by atoms with Gasteiger partial charge in [-0.3, -0.25) is 4.98 Å². The lowest BCUT2D eigenvalue weighted by Gasteiger charge is -2.16. The van der Waals surface area contributed by atoms with Crippen LogP contribution in [0.15, 0.2) is 6.20 Å². The molecule has 1 saturated heterocycles. The summed E-state index contributed by atoms with van der Waals surface area (Å²) < 4.78 is 0. The van der Waals surface area contributed by atoms with Crippen LogP contribution in [0.5, 0.6) is 5.75 Å². The highest BCUT2D eigenvalue weighted by Crippen LogP contribution is 2.31. The second-order valence-electron chi connectivity index (χ2n) is 6.37. The lowest BCUT2D eigenvalue weighted by atomic mass is 10.1. The molecule has 1 unspecified atom stereocenters. The number of rotatable bonds is 6. The highest BCUT2D eigenvalue weighted by atomic mass is 16.3.